The summed E-state index contributed by atoms with van der Waals surface area (Å²) in [7, 11) is 0. The second-order valence-corrected chi connectivity index (χ2v) is 7.23. The first kappa shape index (κ1) is 16.5. The predicted octanol–water partition coefficient (Wildman–Crippen LogP) is 2.58. The second kappa shape index (κ2) is 6.77. The van der Waals surface area contributed by atoms with Gasteiger partial charge in [0.25, 0.3) is 5.91 Å². The summed E-state index contributed by atoms with van der Waals surface area (Å²) < 4.78 is 1.91. The number of nitrogens with zero attached hydrogens (tertiary/aromatic N) is 3. The van der Waals surface area contributed by atoms with Crippen LogP contribution in [0, 0.1) is 6.92 Å². The van der Waals surface area contributed by atoms with Crippen molar-refractivity contribution >= 4 is 17.5 Å². The standard InChI is InChI=1S/C18H22ClN5O/c1-11-17(22-23-24(11)12-7-9-20-10-8-12)18(25)21-16-6-5-13-14(16)3-2-4-15(13)19/h2-4,12,16,20H,5-10H2,1H3,(H,21,25). The number of nitrogens with one attached hydrogen (secondary N) is 2. The van der Waals surface area contributed by atoms with Gasteiger partial charge in [0.05, 0.1) is 17.8 Å². The van der Waals surface area contributed by atoms with Crippen molar-refractivity contribution in [3.63, 3.8) is 0 Å². The predicted molar refractivity (Wildman–Crippen MR) is 95.9 cm³/mol. The molecule has 25 heavy (non-hydrogen) atoms. The summed E-state index contributed by atoms with van der Waals surface area (Å²) in [6.07, 6.45) is 3.78. The highest BCUT2D eigenvalue weighted by Crippen LogP contribution is 2.35. The van der Waals surface area contributed by atoms with Gasteiger partial charge in [0, 0.05) is 5.02 Å². The van der Waals surface area contributed by atoms with Crippen molar-refractivity contribution in [3.05, 3.63) is 45.7 Å². The van der Waals surface area contributed by atoms with Crippen molar-refractivity contribution in [2.24, 2.45) is 0 Å². The van der Waals surface area contributed by atoms with Crippen LogP contribution in [0.5, 0.6) is 0 Å². The number of carbonyl (C=O) groups is 1. The molecule has 0 saturated carbocycles. The fourth-order valence-corrected chi connectivity index (χ4v) is 4.21. The maximum atomic E-state index is 12.7. The Morgan fingerprint density at radius 3 is 2.92 bits per heavy atom. The third-order valence-corrected chi connectivity index (χ3v) is 5.67. The molecule has 1 atom stereocenters. The van der Waals surface area contributed by atoms with Gasteiger partial charge in [-0.3, -0.25) is 4.79 Å². The average molecular weight is 360 g/mol. The van der Waals surface area contributed by atoms with Crippen molar-refractivity contribution < 1.29 is 4.79 Å². The number of carbonyl (C=O) groups excluding carboxylic acids is 1. The van der Waals surface area contributed by atoms with Crippen LogP contribution < -0.4 is 10.6 Å². The fraction of sp³-hybridized carbons (Fsp3) is 0.500. The number of aromatic nitrogens is 3. The number of fused-ring (bicyclic) bond motifs is 1. The molecule has 2 aliphatic rings. The van der Waals surface area contributed by atoms with Gasteiger partial charge in [0.15, 0.2) is 5.69 Å². The summed E-state index contributed by atoms with van der Waals surface area (Å²) in [6.45, 7) is 3.88. The van der Waals surface area contributed by atoms with Crippen LogP contribution >= 0.6 is 11.6 Å². The molecule has 1 unspecified atom stereocenters. The van der Waals surface area contributed by atoms with E-state index in [4.69, 9.17) is 11.6 Å². The quantitative estimate of drug-likeness (QED) is 0.883. The summed E-state index contributed by atoms with van der Waals surface area (Å²) >= 11 is 6.26. The molecule has 7 heteroatoms. The molecule has 1 amide bonds. The zero-order valence-corrected chi connectivity index (χ0v) is 15.0. The van der Waals surface area contributed by atoms with E-state index in [2.05, 4.69) is 20.9 Å². The Morgan fingerprint density at radius 1 is 1.32 bits per heavy atom. The van der Waals surface area contributed by atoms with Crippen molar-refractivity contribution in [2.45, 2.75) is 44.7 Å². The normalized spacial score (nSPS) is 20.5. The Bertz CT molecular complexity index is 797. The van der Waals surface area contributed by atoms with Gasteiger partial charge in [-0.25, -0.2) is 4.68 Å². The first-order valence-corrected chi connectivity index (χ1v) is 9.23. The zero-order valence-electron chi connectivity index (χ0n) is 14.3. The number of halogens is 1. The molecule has 1 aromatic carbocycles. The Hall–Kier alpha value is -1.92. The summed E-state index contributed by atoms with van der Waals surface area (Å²) in [5.74, 6) is -0.157. The fourth-order valence-electron chi connectivity index (χ4n) is 3.93. The van der Waals surface area contributed by atoms with E-state index in [1.165, 1.54) is 0 Å². The molecule has 1 saturated heterocycles. The Kier molecular flexibility index (Phi) is 4.48. The van der Waals surface area contributed by atoms with Gasteiger partial charge in [-0.15, -0.1) is 5.10 Å². The smallest absolute Gasteiger partial charge is 0.274 e. The lowest BCUT2D eigenvalue weighted by Crippen LogP contribution is -2.31. The molecule has 2 N–H and O–H groups in total. The Labute approximate surface area is 151 Å². The van der Waals surface area contributed by atoms with E-state index >= 15 is 0 Å². The first-order chi connectivity index (χ1) is 12.1. The van der Waals surface area contributed by atoms with Crippen LogP contribution in [-0.2, 0) is 6.42 Å². The van der Waals surface area contributed by atoms with Gasteiger partial charge in [-0.2, -0.15) is 0 Å². The van der Waals surface area contributed by atoms with Crippen LogP contribution in [0.1, 0.15) is 58.7 Å². The van der Waals surface area contributed by atoms with E-state index in [1.54, 1.807) is 0 Å². The molecule has 1 aliphatic carbocycles. The molecule has 4 rings (SSSR count). The van der Waals surface area contributed by atoms with E-state index in [0.29, 0.717) is 11.7 Å². The Balaban J connectivity index is 1.51. The second-order valence-electron chi connectivity index (χ2n) is 6.82. The van der Waals surface area contributed by atoms with Crippen molar-refractivity contribution in [2.75, 3.05) is 13.1 Å². The number of amides is 1. The lowest BCUT2D eigenvalue weighted by atomic mass is 10.1. The summed E-state index contributed by atoms with van der Waals surface area (Å²) in [5.41, 5.74) is 3.52. The van der Waals surface area contributed by atoms with E-state index in [1.807, 2.05) is 29.8 Å². The average Bonchev–Trinajstić information content (AvgIpc) is 3.20. The topological polar surface area (TPSA) is 71.8 Å². The molecule has 2 aromatic rings. The van der Waals surface area contributed by atoms with Crippen LogP contribution in [0.4, 0.5) is 0 Å². The molecule has 6 nitrogen and oxygen atoms in total. The van der Waals surface area contributed by atoms with E-state index in [9.17, 15) is 4.79 Å². The lowest BCUT2D eigenvalue weighted by molar-refractivity contribution is 0.0931. The van der Waals surface area contributed by atoms with E-state index in [0.717, 1.165) is 60.6 Å². The third-order valence-electron chi connectivity index (χ3n) is 5.32. The molecule has 1 aliphatic heterocycles. The van der Waals surface area contributed by atoms with Crippen molar-refractivity contribution in [1.29, 1.82) is 0 Å². The molecular weight excluding hydrogens is 338 g/mol. The molecule has 1 fully saturated rings. The van der Waals surface area contributed by atoms with Gasteiger partial charge in [0.2, 0.25) is 0 Å². The SMILES string of the molecule is Cc1c(C(=O)NC2CCc3c(Cl)cccc32)nnn1C1CCNCC1. The molecule has 0 bridgehead atoms. The molecular formula is C18H22ClN5O. The maximum Gasteiger partial charge on any atom is 0.274 e. The van der Waals surface area contributed by atoms with E-state index in [-0.39, 0.29) is 11.9 Å². The van der Waals surface area contributed by atoms with Crippen molar-refractivity contribution in [3.8, 4) is 0 Å². The van der Waals surface area contributed by atoms with E-state index < -0.39 is 0 Å². The highest BCUT2D eigenvalue weighted by molar-refractivity contribution is 6.31. The van der Waals surface area contributed by atoms with Crippen LogP contribution in [0.2, 0.25) is 5.02 Å². The molecule has 2 heterocycles. The third kappa shape index (κ3) is 3.04. The monoisotopic (exact) mass is 359 g/mol. The van der Waals surface area contributed by atoms with Crippen LogP contribution in [-0.4, -0.2) is 34.0 Å². The molecule has 1 aromatic heterocycles. The maximum absolute atomic E-state index is 12.7. The van der Waals surface area contributed by atoms with Crippen molar-refractivity contribution in [1.82, 2.24) is 25.6 Å². The van der Waals surface area contributed by atoms with Crippen LogP contribution in [0.25, 0.3) is 0 Å². The minimum absolute atomic E-state index is 0.00960. The summed E-state index contributed by atoms with van der Waals surface area (Å²) in [4.78, 5) is 12.7. The molecule has 0 spiro atoms. The highest BCUT2D eigenvalue weighted by atomic mass is 35.5. The zero-order chi connectivity index (χ0) is 17.4. The number of hydrogen-bond acceptors (Lipinski definition) is 4. The summed E-state index contributed by atoms with van der Waals surface area (Å²) in [6, 6.07) is 6.19. The number of hydrogen-bond donors (Lipinski definition) is 2. The number of rotatable bonds is 3. The van der Waals surface area contributed by atoms with Crippen LogP contribution in [0.15, 0.2) is 18.2 Å². The lowest BCUT2D eigenvalue weighted by Gasteiger charge is -2.23. The Morgan fingerprint density at radius 2 is 2.12 bits per heavy atom. The first-order valence-electron chi connectivity index (χ1n) is 8.86. The van der Waals surface area contributed by atoms with Crippen LogP contribution in [0.3, 0.4) is 0 Å². The number of piperidine rings is 1. The van der Waals surface area contributed by atoms with Gasteiger partial charge < -0.3 is 10.6 Å². The molecule has 132 valence electrons. The van der Waals surface area contributed by atoms with Gasteiger partial charge in [0.1, 0.15) is 0 Å². The largest absolute Gasteiger partial charge is 0.344 e. The summed E-state index contributed by atoms with van der Waals surface area (Å²) in [5, 5.41) is 15.6. The number of benzene rings is 1. The minimum atomic E-state index is -0.157. The molecule has 0 radical (unpaired) electrons. The highest BCUT2D eigenvalue weighted by Gasteiger charge is 2.28. The van der Waals surface area contributed by atoms with Gasteiger partial charge >= 0.3 is 0 Å². The minimum Gasteiger partial charge on any atom is -0.344 e. The van der Waals surface area contributed by atoms with Gasteiger partial charge in [-0.05, 0) is 62.9 Å². The van der Waals surface area contributed by atoms with Gasteiger partial charge in [-0.1, -0.05) is 28.9 Å².